The molecule has 2 rings (SSSR count). The summed E-state index contributed by atoms with van der Waals surface area (Å²) in [5.74, 6) is -0.497. The Kier molecular flexibility index (Phi) is 4.98. The summed E-state index contributed by atoms with van der Waals surface area (Å²) in [6, 6.07) is 9.52. The van der Waals surface area contributed by atoms with E-state index in [2.05, 4.69) is 0 Å². The molecule has 20 heavy (non-hydrogen) atoms. The second-order valence-electron chi connectivity index (χ2n) is 4.85. The lowest BCUT2D eigenvalue weighted by atomic mass is 9.99. The van der Waals surface area contributed by atoms with Crippen molar-refractivity contribution in [2.24, 2.45) is 5.92 Å². The molecule has 1 amide bonds. The molecule has 0 aliphatic carbocycles. The smallest absolute Gasteiger partial charge is 0.410 e. The zero-order chi connectivity index (χ0) is 14.4. The molecule has 1 saturated heterocycles. The molecule has 0 saturated carbocycles. The van der Waals surface area contributed by atoms with Gasteiger partial charge in [-0.1, -0.05) is 30.3 Å². The Hall–Kier alpha value is -2.04. The van der Waals surface area contributed by atoms with Crippen LogP contribution < -0.4 is 0 Å². The number of hydrogen-bond donors (Lipinski definition) is 0. The maximum atomic E-state index is 12.0. The first kappa shape index (κ1) is 14.4. The van der Waals surface area contributed by atoms with E-state index < -0.39 is 0 Å². The predicted molar refractivity (Wildman–Crippen MR) is 72.9 cm³/mol. The van der Waals surface area contributed by atoms with Crippen LogP contribution in [0.1, 0.15) is 18.4 Å². The zero-order valence-electron chi connectivity index (χ0n) is 11.6. The molecule has 1 aromatic rings. The Balaban J connectivity index is 1.84. The van der Waals surface area contributed by atoms with Crippen molar-refractivity contribution >= 4 is 12.1 Å². The van der Waals surface area contributed by atoms with Crippen LogP contribution in [-0.4, -0.2) is 37.2 Å². The van der Waals surface area contributed by atoms with Crippen LogP contribution in [0.2, 0.25) is 0 Å². The second kappa shape index (κ2) is 6.93. The lowest BCUT2D eigenvalue weighted by molar-refractivity contribution is -0.147. The molecule has 0 unspecified atom stereocenters. The van der Waals surface area contributed by atoms with Crippen LogP contribution in [0.3, 0.4) is 0 Å². The first-order valence-electron chi connectivity index (χ1n) is 6.74. The highest BCUT2D eigenvalue weighted by atomic mass is 16.6. The fourth-order valence-electron chi connectivity index (χ4n) is 2.31. The Morgan fingerprint density at radius 2 is 2.05 bits per heavy atom. The van der Waals surface area contributed by atoms with Gasteiger partial charge in [-0.3, -0.25) is 4.79 Å². The van der Waals surface area contributed by atoms with Gasteiger partial charge < -0.3 is 14.4 Å². The average Bonchev–Trinajstić information content (AvgIpc) is 2.53. The van der Waals surface area contributed by atoms with E-state index >= 15 is 0 Å². The van der Waals surface area contributed by atoms with E-state index in [1.54, 1.807) is 4.90 Å². The number of esters is 1. The molecular formula is C15H19NO4. The van der Waals surface area contributed by atoms with Gasteiger partial charge in [0.1, 0.15) is 6.61 Å². The Morgan fingerprint density at radius 3 is 2.75 bits per heavy atom. The van der Waals surface area contributed by atoms with Gasteiger partial charge in [-0.25, -0.2) is 4.79 Å². The highest BCUT2D eigenvalue weighted by Gasteiger charge is 2.29. The minimum Gasteiger partial charge on any atom is -0.469 e. The fourth-order valence-corrected chi connectivity index (χ4v) is 2.31. The van der Waals surface area contributed by atoms with Crippen LogP contribution in [0.5, 0.6) is 0 Å². The van der Waals surface area contributed by atoms with E-state index in [-0.39, 0.29) is 24.6 Å². The zero-order valence-corrected chi connectivity index (χ0v) is 11.6. The summed E-state index contributed by atoms with van der Waals surface area (Å²) in [6.45, 7) is 1.25. The lowest BCUT2D eigenvalue weighted by Crippen LogP contribution is -2.42. The van der Waals surface area contributed by atoms with E-state index in [4.69, 9.17) is 9.47 Å². The van der Waals surface area contributed by atoms with E-state index in [0.29, 0.717) is 13.1 Å². The highest BCUT2D eigenvalue weighted by Crippen LogP contribution is 2.18. The molecule has 0 bridgehead atoms. The van der Waals surface area contributed by atoms with Crippen molar-refractivity contribution in [2.75, 3.05) is 20.2 Å². The quantitative estimate of drug-likeness (QED) is 0.795. The average molecular weight is 277 g/mol. The molecule has 1 atom stereocenters. The molecule has 1 aliphatic rings. The molecule has 1 aliphatic heterocycles. The van der Waals surface area contributed by atoms with E-state index in [1.165, 1.54) is 7.11 Å². The third-order valence-electron chi connectivity index (χ3n) is 3.42. The van der Waals surface area contributed by atoms with Gasteiger partial charge >= 0.3 is 12.1 Å². The third-order valence-corrected chi connectivity index (χ3v) is 3.42. The van der Waals surface area contributed by atoms with Gasteiger partial charge in [0.25, 0.3) is 0 Å². The van der Waals surface area contributed by atoms with Gasteiger partial charge in [0, 0.05) is 13.1 Å². The number of carbonyl (C=O) groups is 2. The third kappa shape index (κ3) is 3.73. The predicted octanol–water partition coefficient (Wildman–Crippen LogP) is 2.21. The molecule has 5 nitrogen and oxygen atoms in total. The number of carbonyl (C=O) groups excluding carboxylic acids is 2. The summed E-state index contributed by atoms with van der Waals surface area (Å²) in [5.41, 5.74) is 0.947. The molecule has 5 heteroatoms. The van der Waals surface area contributed by atoms with Gasteiger partial charge in [0.15, 0.2) is 0 Å². The number of benzene rings is 1. The molecule has 1 aromatic carbocycles. The molecular weight excluding hydrogens is 258 g/mol. The molecule has 0 spiro atoms. The number of amides is 1. The number of ether oxygens (including phenoxy) is 2. The number of methoxy groups -OCH3 is 1. The summed E-state index contributed by atoms with van der Waals surface area (Å²) in [7, 11) is 1.37. The van der Waals surface area contributed by atoms with Crippen molar-refractivity contribution in [3.8, 4) is 0 Å². The van der Waals surface area contributed by atoms with Crippen molar-refractivity contribution in [2.45, 2.75) is 19.4 Å². The highest BCUT2D eigenvalue weighted by molar-refractivity contribution is 5.74. The SMILES string of the molecule is COC(=O)[C@H]1CCCN(C(=O)OCc2ccccc2)C1. The van der Waals surface area contributed by atoms with Crippen molar-refractivity contribution in [1.82, 2.24) is 4.90 Å². The first-order valence-corrected chi connectivity index (χ1v) is 6.74. The summed E-state index contributed by atoms with van der Waals surface area (Å²) >= 11 is 0. The molecule has 0 N–H and O–H groups in total. The minimum absolute atomic E-state index is 0.238. The van der Waals surface area contributed by atoms with Crippen LogP contribution in [0.15, 0.2) is 30.3 Å². The Morgan fingerprint density at radius 1 is 1.30 bits per heavy atom. The number of nitrogens with zero attached hydrogens (tertiary/aromatic N) is 1. The normalized spacial score (nSPS) is 18.4. The summed E-state index contributed by atoms with van der Waals surface area (Å²) in [5, 5.41) is 0. The van der Waals surface area contributed by atoms with Gasteiger partial charge in [-0.2, -0.15) is 0 Å². The van der Waals surface area contributed by atoms with Gasteiger partial charge in [-0.15, -0.1) is 0 Å². The van der Waals surface area contributed by atoms with Gasteiger partial charge in [0.2, 0.25) is 0 Å². The second-order valence-corrected chi connectivity index (χ2v) is 4.85. The number of likely N-dealkylation sites (tertiary alicyclic amines) is 1. The maximum Gasteiger partial charge on any atom is 0.410 e. The van der Waals surface area contributed by atoms with Gasteiger partial charge in [0.05, 0.1) is 13.0 Å². The molecule has 1 heterocycles. The molecule has 1 fully saturated rings. The first-order chi connectivity index (χ1) is 9.70. The summed E-state index contributed by atoms with van der Waals surface area (Å²) in [4.78, 5) is 25.1. The van der Waals surface area contributed by atoms with Gasteiger partial charge in [-0.05, 0) is 18.4 Å². The van der Waals surface area contributed by atoms with Crippen LogP contribution >= 0.6 is 0 Å². The Bertz CT molecular complexity index is 460. The standard InChI is InChI=1S/C15H19NO4/c1-19-14(17)13-8-5-9-16(10-13)15(18)20-11-12-6-3-2-4-7-12/h2-4,6-7,13H,5,8-11H2,1H3/t13-/m0/s1. The summed E-state index contributed by atoms with van der Waals surface area (Å²) in [6.07, 6.45) is 1.18. The molecule has 0 aromatic heterocycles. The van der Waals surface area contributed by atoms with E-state index in [9.17, 15) is 9.59 Å². The molecule has 0 radical (unpaired) electrons. The van der Waals surface area contributed by atoms with Crippen molar-refractivity contribution in [3.63, 3.8) is 0 Å². The number of hydrogen-bond acceptors (Lipinski definition) is 4. The van der Waals surface area contributed by atoms with Crippen LogP contribution in [0, 0.1) is 5.92 Å². The van der Waals surface area contributed by atoms with Crippen LogP contribution in [-0.2, 0) is 20.9 Å². The van der Waals surface area contributed by atoms with E-state index in [1.807, 2.05) is 30.3 Å². The number of rotatable bonds is 3. The number of piperidine rings is 1. The minimum atomic E-state index is -0.373. The summed E-state index contributed by atoms with van der Waals surface area (Å²) < 4.78 is 9.99. The largest absolute Gasteiger partial charge is 0.469 e. The monoisotopic (exact) mass is 277 g/mol. The maximum absolute atomic E-state index is 12.0. The molecule has 108 valence electrons. The fraction of sp³-hybridized carbons (Fsp3) is 0.467. The van der Waals surface area contributed by atoms with Crippen molar-refractivity contribution in [1.29, 1.82) is 0 Å². The lowest BCUT2D eigenvalue weighted by Gasteiger charge is -2.30. The van der Waals surface area contributed by atoms with Crippen LogP contribution in [0.4, 0.5) is 4.79 Å². The van der Waals surface area contributed by atoms with Crippen molar-refractivity contribution < 1.29 is 19.1 Å². The topological polar surface area (TPSA) is 55.8 Å². The van der Waals surface area contributed by atoms with Crippen molar-refractivity contribution in [3.05, 3.63) is 35.9 Å². The Labute approximate surface area is 118 Å². The van der Waals surface area contributed by atoms with Crippen LogP contribution in [0.25, 0.3) is 0 Å². The van der Waals surface area contributed by atoms with E-state index in [0.717, 1.165) is 18.4 Å².